The summed E-state index contributed by atoms with van der Waals surface area (Å²) in [7, 11) is 0. The van der Waals surface area contributed by atoms with Crippen molar-refractivity contribution in [3.8, 4) is 0 Å². The van der Waals surface area contributed by atoms with Gasteiger partial charge >= 0.3 is 0 Å². The van der Waals surface area contributed by atoms with Crippen molar-refractivity contribution in [1.29, 1.82) is 0 Å². The van der Waals surface area contributed by atoms with Crippen LogP contribution in [0.25, 0.3) is 0 Å². The Morgan fingerprint density at radius 1 is 1.05 bits per heavy atom. The summed E-state index contributed by atoms with van der Waals surface area (Å²) in [6.45, 7) is 9.75. The molecule has 1 aromatic carbocycles. The minimum Gasteiger partial charge on any atom is -0.306 e. The van der Waals surface area contributed by atoms with Crippen LogP contribution in [0.2, 0.25) is 0 Å². The van der Waals surface area contributed by atoms with Gasteiger partial charge in [0.2, 0.25) is 0 Å². The molecule has 1 aromatic heterocycles. The lowest BCUT2D eigenvalue weighted by Gasteiger charge is -2.21. The number of aromatic nitrogens is 2. The maximum Gasteiger partial charge on any atom is 0.0560 e. The summed E-state index contributed by atoms with van der Waals surface area (Å²) < 4.78 is 1.96. The Balaban J connectivity index is 1.92. The van der Waals surface area contributed by atoms with E-state index < -0.39 is 0 Å². The summed E-state index contributed by atoms with van der Waals surface area (Å²) >= 11 is 0. The molecule has 1 N–H and O–H groups in total. The van der Waals surface area contributed by atoms with Crippen LogP contribution in [0.4, 0.5) is 0 Å². The van der Waals surface area contributed by atoms with Crippen LogP contribution in [0.3, 0.4) is 0 Å². The van der Waals surface area contributed by atoms with E-state index in [1.807, 2.05) is 23.1 Å². The predicted molar refractivity (Wildman–Crippen MR) is 83.8 cm³/mol. The van der Waals surface area contributed by atoms with Crippen molar-refractivity contribution in [2.75, 3.05) is 0 Å². The number of rotatable bonds is 6. The number of benzene rings is 1. The molecule has 20 heavy (non-hydrogen) atoms. The van der Waals surface area contributed by atoms with Crippen molar-refractivity contribution in [2.45, 2.75) is 52.2 Å². The highest BCUT2D eigenvalue weighted by Gasteiger charge is 2.10. The maximum atomic E-state index is 4.24. The molecule has 1 heterocycles. The maximum absolute atomic E-state index is 4.24. The minimum absolute atomic E-state index is 0.349. The van der Waals surface area contributed by atoms with Gasteiger partial charge in [0.25, 0.3) is 0 Å². The topological polar surface area (TPSA) is 29.9 Å². The van der Waals surface area contributed by atoms with Gasteiger partial charge in [-0.05, 0) is 37.0 Å². The predicted octanol–water partition coefficient (Wildman–Crippen LogP) is 3.75. The third-order valence-electron chi connectivity index (χ3n) is 3.66. The van der Waals surface area contributed by atoms with E-state index in [1.165, 1.54) is 11.1 Å². The number of nitrogens with one attached hydrogen (secondary N) is 1. The largest absolute Gasteiger partial charge is 0.306 e. The quantitative estimate of drug-likeness (QED) is 0.867. The molecule has 108 valence electrons. The van der Waals surface area contributed by atoms with E-state index >= 15 is 0 Å². The third kappa shape index (κ3) is 3.94. The van der Waals surface area contributed by atoms with Crippen LogP contribution in [-0.4, -0.2) is 15.8 Å². The summed E-state index contributed by atoms with van der Waals surface area (Å²) in [5, 5.41) is 7.87. The van der Waals surface area contributed by atoms with Gasteiger partial charge < -0.3 is 5.32 Å². The van der Waals surface area contributed by atoms with Crippen molar-refractivity contribution in [3.05, 3.63) is 53.9 Å². The van der Waals surface area contributed by atoms with Crippen LogP contribution in [0.5, 0.6) is 0 Å². The Labute approximate surface area is 122 Å². The Morgan fingerprint density at radius 2 is 1.70 bits per heavy atom. The summed E-state index contributed by atoms with van der Waals surface area (Å²) in [5.41, 5.74) is 2.73. The van der Waals surface area contributed by atoms with E-state index in [0.29, 0.717) is 18.0 Å². The number of nitrogens with zero attached hydrogens (tertiary/aromatic N) is 2. The van der Waals surface area contributed by atoms with E-state index in [2.05, 4.69) is 62.4 Å². The highest BCUT2D eigenvalue weighted by atomic mass is 15.3. The molecule has 2 atom stereocenters. The van der Waals surface area contributed by atoms with Crippen molar-refractivity contribution >= 4 is 0 Å². The van der Waals surface area contributed by atoms with Crippen LogP contribution in [0, 0.1) is 0 Å². The Morgan fingerprint density at radius 3 is 2.25 bits per heavy atom. The monoisotopic (exact) mass is 271 g/mol. The second kappa shape index (κ2) is 6.71. The number of hydrogen-bond donors (Lipinski definition) is 1. The van der Waals surface area contributed by atoms with Gasteiger partial charge in [0, 0.05) is 24.5 Å². The second-order valence-corrected chi connectivity index (χ2v) is 5.84. The SMILES string of the molecule is CC(Cn1cccn1)NC(C)c1ccc(C(C)C)cc1. The van der Waals surface area contributed by atoms with Gasteiger partial charge in [0.05, 0.1) is 6.54 Å². The van der Waals surface area contributed by atoms with Gasteiger partial charge in [-0.1, -0.05) is 38.1 Å². The zero-order valence-corrected chi connectivity index (χ0v) is 12.9. The van der Waals surface area contributed by atoms with E-state index in [-0.39, 0.29) is 0 Å². The van der Waals surface area contributed by atoms with Crippen molar-refractivity contribution in [2.24, 2.45) is 0 Å². The van der Waals surface area contributed by atoms with E-state index in [0.717, 1.165) is 6.54 Å². The average molecular weight is 271 g/mol. The fourth-order valence-electron chi connectivity index (χ4n) is 2.43. The molecule has 2 unspecified atom stereocenters. The first-order valence-electron chi connectivity index (χ1n) is 7.39. The smallest absolute Gasteiger partial charge is 0.0560 e. The molecular weight excluding hydrogens is 246 g/mol. The molecule has 0 bridgehead atoms. The first-order valence-corrected chi connectivity index (χ1v) is 7.39. The highest BCUT2D eigenvalue weighted by Crippen LogP contribution is 2.18. The van der Waals surface area contributed by atoms with Gasteiger partial charge in [0.15, 0.2) is 0 Å². The summed E-state index contributed by atoms with van der Waals surface area (Å²) in [5.74, 6) is 0.589. The van der Waals surface area contributed by atoms with Crippen LogP contribution >= 0.6 is 0 Å². The Hall–Kier alpha value is -1.61. The molecule has 0 radical (unpaired) electrons. The molecule has 0 spiro atoms. The van der Waals surface area contributed by atoms with Gasteiger partial charge in [-0.3, -0.25) is 4.68 Å². The molecular formula is C17H25N3. The first kappa shape index (κ1) is 14.8. The minimum atomic E-state index is 0.349. The van der Waals surface area contributed by atoms with Gasteiger partial charge in [-0.2, -0.15) is 5.10 Å². The van der Waals surface area contributed by atoms with Crippen molar-refractivity contribution in [1.82, 2.24) is 15.1 Å². The zero-order chi connectivity index (χ0) is 14.5. The van der Waals surface area contributed by atoms with Crippen LogP contribution < -0.4 is 5.32 Å². The standard InChI is InChI=1S/C17H25N3/c1-13(2)16-6-8-17(9-7-16)15(4)19-14(3)12-20-11-5-10-18-20/h5-11,13-15,19H,12H2,1-4H3. The van der Waals surface area contributed by atoms with Gasteiger partial charge in [0.1, 0.15) is 0 Å². The van der Waals surface area contributed by atoms with Crippen molar-refractivity contribution < 1.29 is 0 Å². The second-order valence-electron chi connectivity index (χ2n) is 5.84. The molecule has 3 heteroatoms. The summed E-state index contributed by atoms with van der Waals surface area (Å²) in [6, 6.07) is 11.6. The van der Waals surface area contributed by atoms with E-state index in [4.69, 9.17) is 0 Å². The summed E-state index contributed by atoms with van der Waals surface area (Å²) in [6.07, 6.45) is 3.82. The summed E-state index contributed by atoms with van der Waals surface area (Å²) in [4.78, 5) is 0. The van der Waals surface area contributed by atoms with Gasteiger partial charge in [-0.15, -0.1) is 0 Å². The highest BCUT2D eigenvalue weighted by molar-refractivity contribution is 5.26. The molecule has 0 aliphatic rings. The fourth-order valence-corrected chi connectivity index (χ4v) is 2.43. The molecule has 0 aliphatic carbocycles. The fraction of sp³-hybridized carbons (Fsp3) is 0.471. The van der Waals surface area contributed by atoms with E-state index in [9.17, 15) is 0 Å². The molecule has 0 fully saturated rings. The lowest BCUT2D eigenvalue weighted by atomic mass is 9.99. The first-order chi connectivity index (χ1) is 9.56. The Kier molecular flexibility index (Phi) is 4.96. The Bertz CT molecular complexity index is 500. The van der Waals surface area contributed by atoms with Crippen LogP contribution in [0.15, 0.2) is 42.7 Å². The van der Waals surface area contributed by atoms with Crippen LogP contribution in [-0.2, 0) is 6.54 Å². The number of hydrogen-bond acceptors (Lipinski definition) is 2. The lowest BCUT2D eigenvalue weighted by Crippen LogP contribution is -2.32. The molecule has 0 amide bonds. The van der Waals surface area contributed by atoms with Crippen LogP contribution in [0.1, 0.15) is 50.8 Å². The van der Waals surface area contributed by atoms with Crippen molar-refractivity contribution in [3.63, 3.8) is 0 Å². The normalized spacial score (nSPS) is 14.4. The molecule has 2 rings (SSSR count). The lowest BCUT2D eigenvalue weighted by molar-refractivity contribution is 0.413. The molecule has 0 saturated heterocycles. The zero-order valence-electron chi connectivity index (χ0n) is 12.9. The van der Waals surface area contributed by atoms with Gasteiger partial charge in [-0.25, -0.2) is 0 Å². The molecule has 2 aromatic rings. The van der Waals surface area contributed by atoms with E-state index in [1.54, 1.807) is 0 Å². The molecule has 0 aliphatic heterocycles. The third-order valence-corrected chi connectivity index (χ3v) is 3.66. The molecule has 3 nitrogen and oxygen atoms in total. The molecule has 0 saturated carbocycles. The average Bonchev–Trinajstić information content (AvgIpc) is 2.91.